The van der Waals surface area contributed by atoms with Crippen molar-refractivity contribution in [3.05, 3.63) is 39.6 Å². The molecule has 4 N–H and O–H groups in total. The van der Waals surface area contributed by atoms with Crippen molar-refractivity contribution in [3.63, 3.8) is 0 Å². The van der Waals surface area contributed by atoms with Crippen molar-refractivity contribution in [2.24, 2.45) is 5.73 Å². The number of primary amides is 1. The Balaban J connectivity index is 1.32. The van der Waals surface area contributed by atoms with E-state index in [1.54, 1.807) is 6.07 Å². The van der Waals surface area contributed by atoms with Crippen LogP contribution >= 0.6 is 23.2 Å². The first kappa shape index (κ1) is 30.6. The van der Waals surface area contributed by atoms with E-state index < -0.39 is 15.7 Å². The van der Waals surface area contributed by atoms with Gasteiger partial charge in [-0.25, -0.2) is 18.4 Å². The Labute approximate surface area is 245 Å². The first-order valence-corrected chi connectivity index (χ1v) is 16.2. The number of anilines is 2. The number of hydrogen-bond donors (Lipinski definition) is 2. The summed E-state index contributed by atoms with van der Waals surface area (Å²) in [5.74, 6) is 0.180. The summed E-state index contributed by atoms with van der Waals surface area (Å²) in [4.78, 5) is 27.1. The second-order valence-corrected chi connectivity index (χ2v) is 13.5. The summed E-state index contributed by atoms with van der Waals surface area (Å²) in [6.07, 6.45) is 4.28. The molecule has 0 spiro atoms. The van der Waals surface area contributed by atoms with Crippen molar-refractivity contribution in [1.29, 1.82) is 0 Å². The zero-order chi connectivity index (χ0) is 29.0. The third-order valence-electron chi connectivity index (χ3n) is 7.54. The summed E-state index contributed by atoms with van der Waals surface area (Å²) >= 11 is 12.6. The lowest BCUT2D eigenvalue weighted by atomic mass is 9.98. The van der Waals surface area contributed by atoms with Crippen LogP contribution in [0.5, 0.6) is 5.75 Å². The number of benzene rings is 1. The predicted molar refractivity (Wildman–Crippen MR) is 158 cm³/mol. The fourth-order valence-corrected chi connectivity index (χ4v) is 6.24. The van der Waals surface area contributed by atoms with Gasteiger partial charge < -0.3 is 21.1 Å². The van der Waals surface area contributed by atoms with Crippen LogP contribution in [-0.2, 0) is 16.4 Å². The number of amides is 1. The van der Waals surface area contributed by atoms with Crippen LogP contribution in [0.25, 0.3) is 0 Å². The number of sulfone groups is 1. The molecule has 2 aliphatic heterocycles. The number of likely N-dealkylation sites (tertiary alicyclic amines) is 1. The summed E-state index contributed by atoms with van der Waals surface area (Å²) in [6.45, 7) is 7.31. The van der Waals surface area contributed by atoms with Crippen LogP contribution in [0.1, 0.15) is 42.2 Å². The van der Waals surface area contributed by atoms with E-state index in [0.717, 1.165) is 64.1 Å². The SMILES string of the molecule is CC[C@H]1CN(c2nc(N)c(C(N)=O)nc2Cl)CCN1C1CCN(Cc2ccc(Cl)c(OCCS(C)(=O)=O)c2)CC1. The number of hydrogen-bond acceptors (Lipinski definition) is 10. The van der Waals surface area contributed by atoms with Crippen LogP contribution in [0.3, 0.4) is 0 Å². The molecule has 1 aromatic carbocycles. The summed E-state index contributed by atoms with van der Waals surface area (Å²) in [6, 6.07) is 6.49. The van der Waals surface area contributed by atoms with Crippen LogP contribution in [-0.4, -0.2) is 97.5 Å². The minimum absolute atomic E-state index is 0.0111. The van der Waals surface area contributed by atoms with Crippen molar-refractivity contribution >= 4 is 50.6 Å². The molecule has 4 rings (SSSR count). The van der Waals surface area contributed by atoms with Gasteiger partial charge in [0.25, 0.3) is 5.91 Å². The van der Waals surface area contributed by atoms with Gasteiger partial charge in [0.15, 0.2) is 32.3 Å². The first-order valence-electron chi connectivity index (χ1n) is 13.4. The standard InChI is InChI=1S/C26H37Cl2N7O4S/c1-3-18-16-34(26-23(28)31-22(25(30)36)24(29)32-26)10-11-35(18)19-6-8-33(9-7-19)15-17-4-5-20(27)21(14-17)39-12-13-40(2,37)38/h4-5,14,18-19H,3,6-13,15-16H2,1-2H3,(H2,29,32)(H2,30,36)/t18-/m0/s1. The van der Waals surface area contributed by atoms with E-state index >= 15 is 0 Å². The zero-order valence-corrected chi connectivity index (χ0v) is 25.2. The number of aromatic nitrogens is 2. The predicted octanol–water partition coefficient (Wildman–Crippen LogP) is 2.45. The maximum absolute atomic E-state index is 11.5. The third kappa shape index (κ3) is 7.67. The molecule has 220 valence electrons. The second-order valence-electron chi connectivity index (χ2n) is 10.4. The molecule has 2 aromatic rings. The number of nitrogens with two attached hydrogens (primary N) is 2. The number of nitrogen functional groups attached to an aromatic ring is 1. The number of piperazine rings is 1. The Morgan fingerprint density at radius 3 is 2.52 bits per heavy atom. The van der Waals surface area contributed by atoms with Gasteiger partial charge in [0.05, 0.1) is 10.8 Å². The minimum atomic E-state index is -3.10. The molecule has 0 aliphatic carbocycles. The summed E-state index contributed by atoms with van der Waals surface area (Å²) in [5.41, 5.74) is 12.2. The van der Waals surface area contributed by atoms with Gasteiger partial charge in [-0.05, 0) is 50.0 Å². The van der Waals surface area contributed by atoms with Crippen LogP contribution in [0.15, 0.2) is 18.2 Å². The normalized spacial score (nSPS) is 19.6. The van der Waals surface area contributed by atoms with E-state index in [9.17, 15) is 13.2 Å². The lowest BCUT2D eigenvalue weighted by Crippen LogP contribution is -2.58. The van der Waals surface area contributed by atoms with Gasteiger partial charge in [0.2, 0.25) is 0 Å². The Morgan fingerprint density at radius 2 is 1.88 bits per heavy atom. The maximum Gasteiger partial charge on any atom is 0.271 e. The van der Waals surface area contributed by atoms with Gasteiger partial charge in [0, 0.05) is 44.5 Å². The van der Waals surface area contributed by atoms with E-state index in [-0.39, 0.29) is 29.0 Å². The Bertz CT molecular complexity index is 1320. The van der Waals surface area contributed by atoms with Crippen molar-refractivity contribution in [2.45, 2.75) is 44.8 Å². The van der Waals surface area contributed by atoms with E-state index in [2.05, 4.69) is 31.6 Å². The van der Waals surface area contributed by atoms with E-state index in [0.29, 0.717) is 28.7 Å². The van der Waals surface area contributed by atoms with E-state index in [4.69, 9.17) is 39.4 Å². The third-order valence-corrected chi connectivity index (χ3v) is 9.01. The molecular formula is C26H37Cl2N7O4S. The quantitative estimate of drug-likeness (QED) is 0.409. The number of halogens is 2. The number of carbonyl (C=O) groups excluding carboxylic acids is 1. The summed E-state index contributed by atoms with van der Waals surface area (Å²) in [5, 5.41) is 0.602. The lowest BCUT2D eigenvalue weighted by molar-refractivity contribution is 0.0610. The lowest BCUT2D eigenvalue weighted by Gasteiger charge is -2.47. The van der Waals surface area contributed by atoms with Gasteiger partial charge in [-0.1, -0.05) is 36.2 Å². The molecule has 0 unspecified atom stereocenters. The van der Waals surface area contributed by atoms with Gasteiger partial charge in [-0.2, -0.15) is 0 Å². The zero-order valence-electron chi connectivity index (χ0n) is 22.9. The van der Waals surface area contributed by atoms with E-state index in [1.807, 2.05) is 12.1 Å². The van der Waals surface area contributed by atoms with E-state index in [1.165, 1.54) is 6.26 Å². The number of nitrogens with zero attached hydrogens (tertiary/aromatic N) is 5. The average Bonchev–Trinajstić information content (AvgIpc) is 2.91. The van der Waals surface area contributed by atoms with Crippen molar-refractivity contribution in [1.82, 2.24) is 19.8 Å². The van der Waals surface area contributed by atoms with Gasteiger partial charge in [0.1, 0.15) is 12.4 Å². The topological polar surface area (TPSA) is 148 Å². The number of ether oxygens (including phenoxy) is 1. The molecule has 2 aliphatic rings. The van der Waals surface area contributed by atoms with Crippen LogP contribution in [0.4, 0.5) is 11.6 Å². The van der Waals surface area contributed by atoms with Crippen molar-refractivity contribution < 1.29 is 17.9 Å². The molecule has 2 fully saturated rings. The molecular weight excluding hydrogens is 577 g/mol. The van der Waals surface area contributed by atoms with Gasteiger partial charge in [-0.15, -0.1) is 0 Å². The van der Waals surface area contributed by atoms with Crippen LogP contribution < -0.4 is 21.1 Å². The highest BCUT2D eigenvalue weighted by atomic mass is 35.5. The molecule has 11 nitrogen and oxygen atoms in total. The molecule has 40 heavy (non-hydrogen) atoms. The fraction of sp³-hybridized carbons (Fsp3) is 0.577. The molecule has 1 atom stereocenters. The van der Waals surface area contributed by atoms with Crippen molar-refractivity contribution in [3.8, 4) is 5.75 Å². The van der Waals surface area contributed by atoms with Gasteiger partial charge in [-0.3, -0.25) is 14.6 Å². The van der Waals surface area contributed by atoms with Crippen molar-refractivity contribution in [2.75, 3.05) is 62.0 Å². The van der Waals surface area contributed by atoms with Crippen LogP contribution in [0.2, 0.25) is 10.2 Å². The van der Waals surface area contributed by atoms with Gasteiger partial charge >= 0.3 is 0 Å². The molecule has 1 amide bonds. The average molecular weight is 615 g/mol. The molecule has 0 bridgehead atoms. The fourth-order valence-electron chi connectivity index (χ4n) is 5.43. The second kappa shape index (κ2) is 13.1. The smallest absolute Gasteiger partial charge is 0.271 e. The molecule has 0 saturated carbocycles. The minimum Gasteiger partial charge on any atom is -0.491 e. The molecule has 14 heteroatoms. The first-order chi connectivity index (χ1) is 18.9. The highest BCUT2D eigenvalue weighted by molar-refractivity contribution is 7.90. The summed E-state index contributed by atoms with van der Waals surface area (Å²) in [7, 11) is -3.10. The van der Waals surface area contributed by atoms with Crippen LogP contribution in [0, 0.1) is 0 Å². The molecule has 0 radical (unpaired) electrons. The largest absolute Gasteiger partial charge is 0.491 e. The maximum atomic E-state index is 11.5. The Kier molecular flexibility index (Phi) is 9.99. The highest BCUT2D eigenvalue weighted by Gasteiger charge is 2.34. The summed E-state index contributed by atoms with van der Waals surface area (Å²) < 4.78 is 28.4. The Morgan fingerprint density at radius 1 is 1.15 bits per heavy atom. The molecule has 3 heterocycles. The number of carbonyl (C=O) groups is 1. The molecule has 1 aromatic heterocycles. The Hall–Kier alpha value is -2.38. The molecule has 2 saturated heterocycles. The number of rotatable bonds is 10. The number of piperidine rings is 1. The monoisotopic (exact) mass is 613 g/mol. The highest BCUT2D eigenvalue weighted by Crippen LogP contribution is 2.31.